The average Bonchev–Trinajstić information content (AvgIpc) is 2.85. The van der Waals surface area contributed by atoms with E-state index in [1.807, 2.05) is 6.07 Å². The monoisotopic (exact) mass is 507 g/mol. The van der Waals surface area contributed by atoms with Crippen LogP contribution >= 0.6 is 11.6 Å². The molecule has 4 rings (SSSR count). The van der Waals surface area contributed by atoms with Gasteiger partial charge >= 0.3 is 6.18 Å². The van der Waals surface area contributed by atoms with Crippen LogP contribution < -0.4 is 21.3 Å². The Hall–Kier alpha value is -2.82. The van der Waals surface area contributed by atoms with Crippen molar-refractivity contribution in [2.24, 2.45) is 10.7 Å². The number of aliphatic imine (C=N–C) groups is 1. The molecule has 2 aliphatic rings. The normalized spacial score (nSPS) is 21.3. The first-order chi connectivity index (χ1) is 16.7. The standard InChI is InChI=1S/C24H29ClF3N7/c1-2-3-9-34-10-12-35(13-11-34)19-7-8-21(30-15-19)24(29)31-16-20(25)22(33-24)32-18-6-4-5-17(14-18)23(26,27)28/h4-8,14-16,31H,2-3,9-13,29H2,1H3,(H,32,33). The maximum atomic E-state index is 13.1. The SMILES string of the molecule is CCCCN1CCN(c2ccc(C3(N)N=C(Nc4cccc(C(F)(F)F)c4)C(Cl)=CN3)nc2)CC1. The third-order valence-corrected chi connectivity index (χ3v) is 6.38. The van der Waals surface area contributed by atoms with E-state index >= 15 is 0 Å². The van der Waals surface area contributed by atoms with Crippen LogP contribution in [0.25, 0.3) is 0 Å². The van der Waals surface area contributed by atoms with Gasteiger partial charge in [-0.15, -0.1) is 0 Å². The third kappa shape index (κ3) is 6.06. The van der Waals surface area contributed by atoms with E-state index in [9.17, 15) is 13.2 Å². The smallest absolute Gasteiger partial charge is 0.368 e. The minimum absolute atomic E-state index is 0.140. The van der Waals surface area contributed by atoms with Gasteiger partial charge in [0.05, 0.1) is 22.5 Å². The van der Waals surface area contributed by atoms with Gasteiger partial charge in [-0.05, 0) is 43.3 Å². The molecule has 2 aromatic rings. The summed E-state index contributed by atoms with van der Waals surface area (Å²) in [7, 11) is 0. The second-order valence-corrected chi connectivity index (χ2v) is 9.06. The van der Waals surface area contributed by atoms with Crippen LogP contribution in [0.4, 0.5) is 24.5 Å². The number of nitrogens with one attached hydrogen (secondary N) is 2. The summed E-state index contributed by atoms with van der Waals surface area (Å²) in [4.78, 5) is 13.7. The lowest BCUT2D eigenvalue weighted by Crippen LogP contribution is -2.50. The van der Waals surface area contributed by atoms with Crippen LogP contribution in [0, 0.1) is 0 Å². The number of amidine groups is 1. The molecule has 1 fully saturated rings. The maximum absolute atomic E-state index is 13.1. The van der Waals surface area contributed by atoms with Gasteiger partial charge in [0.15, 0.2) is 0 Å². The summed E-state index contributed by atoms with van der Waals surface area (Å²) in [6.07, 6.45) is 1.17. The maximum Gasteiger partial charge on any atom is 0.416 e. The molecule has 2 aliphatic heterocycles. The second-order valence-electron chi connectivity index (χ2n) is 8.65. The molecule has 1 atom stereocenters. The molecule has 0 bridgehead atoms. The molecule has 7 nitrogen and oxygen atoms in total. The largest absolute Gasteiger partial charge is 0.416 e. The molecule has 0 spiro atoms. The Bertz CT molecular complexity index is 1080. The zero-order valence-corrected chi connectivity index (χ0v) is 20.2. The van der Waals surface area contributed by atoms with Gasteiger partial charge in [0.2, 0.25) is 5.79 Å². The Balaban J connectivity index is 1.47. The van der Waals surface area contributed by atoms with Crippen LogP contribution in [0.3, 0.4) is 0 Å². The highest BCUT2D eigenvalue weighted by Crippen LogP contribution is 2.31. The minimum atomic E-state index is -4.46. The van der Waals surface area contributed by atoms with E-state index in [-0.39, 0.29) is 16.6 Å². The summed E-state index contributed by atoms with van der Waals surface area (Å²) in [5, 5.41) is 5.95. The predicted molar refractivity (Wildman–Crippen MR) is 133 cm³/mol. The summed E-state index contributed by atoms with van der Waals surface area (Å²) in [5.74, 6) is -1.29. The van der Waals surface area contributed by atoms with Crippen LogP contribution in [0.2, 0.25) is 0 Å². The van der Waals surface area contributed by atoms with Crippen molar-refractivity contribution in [1.82, 2.24) is 15.2 Å². The molecule has 1 aromatic heterocycles. The van der Waals surface area contributed by atoms with Crippen molar-refractivity contribution in [1.29, 1.82) is 0 Å². The summed E-state index contributed by atoms with van der Waals surface area (Å²) in [6, 6.07) is 8.54. The zero-order chi connectivity index (χ0) is 25.1. The van der Waals surface area contributed by atoms with Gasteiger partial charge in [-0.3, -0.25) is 15.6 Å². The summed E-state index contributed by atoms with van der Waals surface area (Å²) >= 11 is 6.24. The van der Waals surface area contributed by atoms with Gasteiger partial charge in [0, 0.05) is 38.1 Å². The Kier molecular flexibility index (Phi) is 7.53. The lowest BCUT2D eigenvalue weighted by atomic mass is 10.1. The molecule has 4 N–H and O–H groups in total. The van der Waals surface area contributed by atoms with E-state index in [1.165, 1.54) is 31.2 Å². The summed E-state index contributed by atoms with van der Waals surface area (Å²) in [6.45, 7) is 7.22. The number of benzene rings is 1. The first-order valence-corrected chi connectivity index (χ1v) is 12.0. The van der Waals surface area contributed by atoms with Crippen molar-refractivity contribution in [2.45, 2.75) is 31.7 Å². The number of unbranched alkanes of at least 4 members (excludes halogenated alkanes) is 1. The molecule has 0 radical (unpaired) electrons. The number of rotatable bonds is 6. The number of anilines is 2. The van der Waals surface area contributed by atoms with Crippen LogP contribution in [0.1, 0.15) is 31.0 Å². The van der Waals surface area contributed by atoms with E-state index in [0.29, 0.717) is 5.69 Å². The predicted octanol–water partition coefficient (Wildman–Crippen LogP) is 4.29. The Morgan fingerprint density at radius 1 is 1.17 bits per heavy atom. The van der Waals surface area contributed by atoms with Crippen molar-refractivity contribution in [2.75, 3.05) is 42.9 Å². The minimum Gasteiger partial charge on any atom is -0.368 e. The summed E-state index contributed by atoms with van der Waals surface area (Å²) in [5.41, 5.74) is 7.34. The van der Waals surface area contributed by atoms with Crippen molar-refractivity contribution in [3.63, 3.8) is 0 Å². The fourth-order valence-electron chi connectivity index (χ4n) is 4.04. The van der Waals surface area contributed by atoms with Crippen molar-refractivity contribution in [3.05, 3.63) is 65.1 Å². The molecule has 188 valence electrons. The first kappa shape index (κ1) is 25.3. The number of aromatic nitrogens is 1. The highest BCUT2D eigenvalue weighted by molar-refractivity contribution is 6.45. The fourth-order valence-corrected chi connectivity index (χ4v) is 4.19. The lowest BCUT2D eigenvalue weighted by Gasteiger charge is -2.36. The van der Waals surface area contributed by atoms with Gasteiger partial charge in [0.1, 0.15) is 11.5 Å². The van der Waals surface area contributed by atoms with E-state index < -0.39 is 17.5 Å². The lowest BCUT2D eigenvalue weighted by molar-refractivity contribution is -0.137. The number of piperazine rings is 1. The molecule has 3 heterocycles. The molecule has 0 amide bonds. The molecule has 35 heavy (non-hydrogen) atoms. The number of hydrogen-bond donors (Lipinski definition) is 3. The number of halogens is 4. The average molecular weight is 508 g/mol. The van der Waals surface area contributed by atoms with Crippen molar-refractivity contribution < 1.29 is 13.2 Å². The Morgan fingerprint density at radius 2 is 1.94 bits per heavy atom. The van der Waals surface area contributed by atoms with Crippen LogP contribution in [0.5, 0.6) is 0 Å². The van der Waals surface area contributed by atoms with Crippen LogP contribution in [-0.2, 0) is 12.0 Å². The number of nitrogens with zero attached hydrogens (tertiary/aromatic N) is 4. The number of pyridine rings is 1. The Labute approximate surface area is 207 Å². The molecule has 11 heteroatoms. The Morgan fingerprint density at radius 3 is 2.60 bits per heavy atom. The van der Waals surface area contributed by atoms with Crippen LogP contribution in [0.15, 0.2) is 58.8 Å². The molecule has 1 saturated heterocycles. The highest BCUT2D eigenvalue weighted by atomic mass is 35.5. The van der Waals surface area contributed by atoms with Gasteiger partial charge in [-0.25, -0.2) is 4.99 Å². The van der Waals surface area contributed by atoms with E-state index in [4.69, 9.17) is 17.3 Å². The zero-order valence-electron chi connectivity index (χ0n) is 19.4. The number of alkyl halides is 3. The van der Waals surface area contributed by atoms with Crippen LogP contribution in [-0.4, -0.2) is 48.4 Å². The van der Waals surface area contributed by atoms with Crippen molar-refractivity contribution in [3.8, 4) is 0 Å². The van der Waals surface area contributed by atoms with Gasteiger partial charge < -0.3 is 15.5 Å². The highest BCUT2D eigenvalue weighted by Gasteiger charge is 2.33. The second kappa shape index (κ2) is 10.4. The van der Waals surface area contributed by atoms with E-state index in [2.05, 4.69) is 37.3 Å². The molecule has 0 saturated carbocycles. The number of nitrogens with two attached hydrogens (primary N) is 1. The van der Waals surface area contributed by atoms with E-state index in [1.54, 1.807) is 12.3 Å². The summed E-state index contributed by atoms with van der Waals surface area (Å²) < 4.78 is 39.2. The number of hydrogen-bond acceptors (Lipinski definition) is 7. The first-order valence-electron chi connectivity index (χ1n) is 11.6. The quantitative estimate of drug-likeness (QED) is 0.541. The third-order valence-electron chi connectivity index (χ3n) is 6.09. The van der Waals surface area contributed by atoms with Crippen molar-refractivity contribution >= 4 is 28.8 Å². The molecule has 0 aliphatic carbocycles. The molecule has 1 unspecified atom stereocenters. The van der Waals surface area contributed by atoms with E-state index in [0.717, 1.165) is 50.5 Å². The molecule has 1 aromatic carbocycles. The fraction of sp³-hybridized carbons (Fsp3) is 0.417. The van der Waals surface area contributed by atoms with Gasteiger partial charge in [0.25, 0.3) is 0 Å². The van der Waals surface area contributed by atoms with Gasteiger partial charge in [-0.1, -0.05) is 31.0 Å². The molecular formula is C24H29ClF3N7. The molecular weight excluding hydrogens is 479 g/mol. The van der Waals surface area contributed by atoms with Gasteiger partial charge in [-0.2, -0.15) is 13.2 Å². The topological polar surface area (TPSA) is 81.8 Å².